The number of rotatable bonds is 9. The summed E-state index contributed by atoms with van der Waals surface area (Å²) in [7, 11) is 1.65. The maximum absolute atomic E-state index is 12.8. The number of fused-ring (bicyclic) bond motifs is 1. The highest BCUT2D eigenvalue weighted by Crippen LogP contribution is 2.50. The standard InChI is InChI=1S/C20H32N6O5S/c1-9-15-14(10(2)24-13(27)6-23-3)19(29)26(15)16(20(30)31)17(9)32-8-12(22)18(28)25-5-4-11(21)7-25/h9-12,14-15,23H,4-8,21-22H2,1-3H3,(H,24,27)(H,30,31)/t9-,10-,11-,12+,14-,15-/m1/s1. The zero-order valence-corrected chi connectivity index (χ0v) is 19.4. The van der Waals surface area contributed by atoms with E-state index in [0.29, 0.717) is 18.0 Å². The molecule has 0 saturated carbocycles. The van der Waals surface area contributed by atoms with Crippen LogP contribution in [0, 0.1) is 11.8 Å². The zero-order chi connectivity index (χ0) is 23.7. The third-order valence-electron chi connectivity index (χ3n) is 6.33. The minimum absolute atomic E-state index is 0.0445. The van der Waals surface area contributed by atoms with Crippen molar-refractivity contribution in [1.29, 1.82) is 0 Å². The molecule has 3 rings (SSSR count). The van der Waals surface area contributed by atoms with Gasteiger partial charge >= 0.3 is 5.97 Å². The van der Waals surface area contributed by atoms with Crippen molar-refractivity contribution in [3.8, 4) is 0 Å². The van der Waals surface area contributed by atoms with E-state index in [-0.39, 0.29) is 53.7 Å². The molecule has 12 heteroatoms. The monoisotopic (exact) mass is 468 g/mol. The number of hydrogen-bond acceptors (Lipinski definition) is 8. The van der Waals surface area contributed by atoms with Crippen molar-refractivity contribution in [2.45, 2.75) is 44.4 Å². The number of carbonyl (C=O) groups is 4. The van der Waals surface area contributed by atoms with Crippen LogP contribution in [0.4, 0.5) is 0 Å². The minimum Gasteiger partial charge on any atom is -0.477 e. The van der Waals surface area contributed by atoms with Gasteiger partial charge in [-0.1, -0.05) is 6.92 Å². The fourth-order valence-electron chi connectivity index (χ4n) is 4.76. The molecule has 0 unspecified atom stereocenters. The topological polar surface area (TPSA) is 171 Å². The van der Waals surface area contributed by atoms with Crippen LogP contribution in [0.2, 0.25) is 0 Å². The molecular weight excluding hydrogens is 436 g/mol. The molecule has 3 heterocycles. The summed E-state index contributed by atoms with van der Waals surface area (Å²) in [5.41, 5.74) is 11.9. The Morgan fingerprint density at radius 3 is 2.59 bits per heavy atom. The van der Waals surface area contributed by atoms with Crippen molar-refractivity contribution in [2.24, 2.45) is 23.3 Å². The van der Waals surface area contributed by atoms with Crippen LogP contribution in [0.25, 0.3) is 0 Å². The van der Waals surface area contributed by atoms with E-state index in [1.165, 1.54) is 16.7 Å². The fourth-order valence-corrected chi connectivity index (χ4v) is 5.99. The van der Waals surface area contributed by atoms with Crippen LogP contribution in [-0.4, -0.2) is 95.2 Å². The molecule has 3 aliphatic rings. The molecule has 32 heavy (non-hydrogen) atoms. The first-order chi connectivity index (χ1) is 15.1. The van der Waals surface area contributed by atoms with Crippen molar-refractivity contribution in [3.05, 3.63) is 10.6 Å². The lowest BCUT2D eigenvalue weighted by Gasteiger charge is -2.47. The highest BCUT2D eigenvalue weighted by Gasteiger charge is 2.60. The highest BCUT2D eigenvalue weighted by molar-refractivity contribution is 8.03. The number of aliphatic carboxylic acids is 1. The van der Waals surface area contributed by atoms with Crippen molar-refractivity contribution >= 4 is 35.5 Å². The second-order valence-electron chi connectivity index (χ2n) is 8.67. The number of nitrogens with zero attached hydrogens (tertiary/aromatic N) is 2. The molecule has 0 radical (unpaired) electrons. The first-order valence-corrected chi connectivity index (χ1v) is 11.7. The summed E-state index contributed by atoms with van der Waals surface area (Å²) in [4.78, 5) is 52.8. The molecule has 11 nitrogen and oxygen atoms in total. The van der Waals surface area contributed by atoms with Gasteiger partial charge < -0.3 is 37.0 Å². The second-order valence-corrected chi connectivity index (χ2v) is 9.73. The summed E-state index contributed by atoms with van der Waals surface area (Å²) in [6, 6.07) is -1.63. The molecule has 0 bridgehead atoms. The Bertz CT molecular complexity index is 835. The average molecular weight is 469 g/mol. The Labute approximate surface area is 191 Å². The number of likely N-dealkylation sites (N-methyl/N-ethyl adjacent to an activating group) is 1. The fraction of sp³-hybridized carbons (Fsp3) is 0.700. The molecule has 0 aromatic heterocycles. The van der Waals surface area contributed by atoms with Crippen molar-refractivity contribution in [2.75, 3.05) is 32.4 Å². The lowest BCUT2D eigenvalue weighted by atomic mass is 9.78. The van der Waals surface area contributed by atoms with Gasteiger partial charge in [-0.2, -0.15) is 0 Å². The molecular formula is C20H32N6O5S. The van der Waals surface area contributed by atoms with E-state index < -0.39 is 24.0 Å². The van der Waals surface area contributed by atoms with E-state index in [0.717, 1.165) is 6.42 Å². The van der Waals surface area contributed by atoms with Crippen LogP contribution in [-0.2, 0) is 19.2 Å². The number of nitrogens with one attached hydrogen (secondary N) is 2. The maximum atomic E-state index is 12.8. The predicted octanol–water partition coefficient (Wildman–Crippen LogP) is -1.90. The summed E-state index contributed by atoms with van der Waals surface area (Å²) in [5.74, 6) is -2.51. The van der Waals surface area contributed by atoms with E-state index in [2.05, 4.69) is 10.6 Å². The smallest absolute Gasteiger partial charge is 0.353 e. The molecule has 0 aromatic carbocycles. The molecule has 6 atom stereocenters. The molecule has 3 amide bonds. The Balaban J connectivity index is 1.69. The number of carbonyl (C=O) groups excluding carboxylic acids is 3. The van der Waals surface area contributed by atoms with Crippen molar-refractivity contribution in [1.82, 2.24) is 20.4 Å². The van der Waals surface area contributed by atoms with Gasteiger partial charge in [0.05, 0.1) is 24.5 Å². The Hall–Kier alpha value is -2.15. The van der Waals surface area contributed by atoms with E-state index >= 15 is 0 Å². The third-order valence-corrected chi connectivity index (χ3v) is 7.73. The number of carboxylic acid groups (broad SMARTS) is 1. The number of hydrogen-bond donors (Lipinski definition) is 5. The van der Waals surface area contributed by atoms with Crippen LogP contribution in [0.15, 0.2) is 10.6 Å². The van der Waals surface area contributed by atoms with Gasteiger partial charge in [-0.25, -0.2) is 4.79 Å². The Morgan fingerprint density at radius 1 is 1.34 bits per heavy atom. The average Bonchev–Trinajstić information content (AvgIpc) is 3.25. The number of β-lactam (4-membered cyclic amide) rings is 1. The van der Waals surface area contributed by atoms with Crippen LogP contribution in [0.3, 0.4) is 0 Å². The lowest BCUT2D eigenvalue weighted by molar-refractivity contribution is -0.158. The molecule has 7 N–H and O–H groups in total. The van der Waals surface area contributed by atoms with Crippen LogP contribution in [0.1, 0.15) is 20.3 Å². The van der Waals surface area contributed by atoms with E-state index in [1.54, 1.807) is 18.9 Å². The summed E-state index contributed by atoms with van der Waals surface area (Å²) >= 11 is 1.21. The number of likely N-dealkylation sites (tertiary alicyclic amines) is 1. The Kier molecular flexibility index (Phi) is 7.48. The van der Waals surface area contributed by atoms with E-state index in [4.69, 9.17) is 11.5 Å². The minimum atomic E-state index is -1.19. The lowest BCUT2D eigenvalue weighted by Crippen LogP contribution is -2.66. The van der Waals surface area contributed by atoms with Gasteiger partial charge in [-0.15, -0.1) is 11.8 Å². The third kappa shape index (κ3) is 4.49. The molecule has 0 spiro atoms. The van der Waals surface area contributed by atoms with Gasteiger partial charge in [-0.3, -0.25) is 14.4 Å². The first-order valence-electron chi connectivity index (χ1n) is 10.8. The summed E-state index contributed by atoms with van der Waals surface area (Å²) < 4.78 is 0. The molecule has 178 valence electrons. The first kappa shape index (κ1) is 24.5. The number of thioether (sulfide) groups is 1. The Morgan fingerprint density at radius 2 is 2.03 bits per heavy atom. The van der Waals surface area contributed by atoms with Gasteiger partial charge in [0.15, 0.2) is 0 Å². The SMILES string of the molecule is CNCC(=O)N[C@H](C)[C@H]1C(=O)N2C(C(=O)O)=C(SC[C@H](N)C(=O)N3CC[C@@H](N)C3)[C@H](C)[C@H]12. The van der Waals surface area contributed by atoms with Gasteiger partial charge in [0.25, 0.3) is 0 Å². The molecule has 0 aromatic rings. The van der Waals surface area contributed by atoms with Gasteiger partial charge in [-0.05, 0) is 20.4 Å². The normalized spacial score (nSPS) is 29.0. The second kappa shape index (κ2) is 9.77. The molecule has 3 aliphatic heterocycles. The quantitative estimate of drug-likeness (QED) is 0.242. The van der Waals surface area contributed by atoms with Gasteiger partial charge in [0.2, 0.25) is 17.7 Å². The number of carboxylic acids is 1. The number of nitrogens with two attached hydrogens (primary N) is 2. The van der Waals surface area contributed by atoms with Crippen LogP contribution >= 0.6 is 11.8 Å². The summed E-state index contributed by atoms with van der Waals surface area (Å²) in [6.07, 6.45) is 0.736. The highest BCUT2D eigenvalue weighted by atomic mass is 32.2. The van der Waals surface area contributed by atoms with Crippen LogP contribution in [0.5, 0.6) is 0 Å². The molecule has 2 saturated heterocycles. The van der Waals surface area contributed by atoms with E-state index in [1.807, 2.05) is 6.92 Å². The zero-order valence-electron chi connectivity index (χ0n) is 18.5. The predicted molar refractivity (Wildman–Crippen MR) is 119 cm³/mol. The summed E-state index contributed by atoms with van der Waals surface area (Å²) in [5, 5.41) is 15.4. The van der Waals surface area contributed by atoms with Crippen LogP contribution < -0.4 is 22.1 Å². The number of amides is 3. The van der Waals surface area contributed by atoms with E-state index in [9.17, 15) is 24.3 Å². The largest absolute Gasteiger partial charge is 0.477 e. The van der Waals surface area contributed by atoms with Crippen molar-refractivity contribution in [3.63, 3.8) is 0 Å². The molecule has 2 fully saturated rings. The van der Waals surface area contributed by atoms with Crippen molar-refractivity contribution < 1.29 is 24.3 Å². The summed E-state index contributed by atoms with van der Waals surface area (Å²) in [6.45, 7) is 4.79. The maximum Gasteiger partial charge on any atom is 0.353 e. The van der Waals surface area contributed by atoms with Gasteiger partial charge in [0.1, 0.15) is 5.70 Å². The van der Waals surface area contributed by atoms with Gasteiger partial charge in [0, 0.05) is 41.7 Å². The molecule has 0 aliphatic carbocycles.